The third kappa shape index (κ3) is 3.14. The van der Waals surface area contributed by atoms with Crippen molar-refractivity contribution in [3.05, 3.63) is 48.9 Å². The summed E-state index contributed by atoms with van der Waals surface area (Å²) in [6, 6.07) is 10.0. The molecule has 9 heteroatoms. The lowest BCUT2D eigenvalue weighted by Gasteiger charge is -2.33. The van der Waals surface area contributed by atoms with E-state index < -0.39 is 0 Å². The van der Waals surface area contributed by atoms with Crippen molar-refractivity contribution >= 4 is 33.4 Å². The Kier molecular flexibility index (Phi) is 4.29. The molecule has 1 fully saturated rings. The summed E-state index contributed by atoms with van der Waals surface area (Å²) >= 11 is 0. The molecule has 1 aliphatic heterocycles. The Morgan fingerprint density at radius 1 is 0.969 bits per heavy atom. The number of aromatic amines is 2. The third-order valence-electron chi connectivity index (χ3n) is 6.06. The van der Waals surface area contributed by atoms with Gasteiger partial charge in [-0.15, -0.1) is 0 Å². The number of nitrogens with one attached hydrogen (secondary N) is 2. The number of fused-ring (bicyclic) bond motifs is 2. The number of nitrogen functional groups attached to an aromatic ring is 1. The van der Waals surface area contributed by atoms with E-state index in [1.54, 1.807) is 6.20 Å². The molecule has 0 spiro atoms. The second-order valence-corrected chi connectivity index (χ2v) is 8.25. The predicted octanol–water partition coefficient (Wildman–Crippen LogP) is 2.90. The lowest BCUT2D eigenvalue weighted by Crippen LogP contribution is -2.44. The van der Waals surface area contributed by atoms with Crippen LogP contribution in [0.5, 0.6) is 0 Å². The molecule has 0 bridgehead atoms. The van der Waals surface area contributed by atoms with Crippen molar-refractivity contribution in [3.8, 4) is 22.6 Å². The number of imidazole rings is 1. The molecule has 5 heterocycles. The van der Waals surface area contributed by atoms with Gasteiger partial charge in [0.2, 0.25) is 0 Å². The number of aromatic nitrogens is 6. The largest absolute Gasteiger partial charge is 0.397 e. The summed E-state index contributed by atoms with van der Waals surface area (Å²) in [5.74, 6) is 1.64. The first-order valence-corrected chi connectivity index (χ1v) is 10.6. The van der Waals surface area contributed by atoms with Crippen molar-refractivity contribution in [2.45, 2.75) is 0 Å². The molecule has 0 amide bonds. The number of piperazine rings is 1. The summed E-state index contributed by atoms with van der Waals surface area (Å²) in [6.45, 7) is 3.91. The highest BCUT2D eigenvalue weighted by molar-refractivity contribution is 5.97. The van der Waals surface area contributed by atoms with E-state index in [0.29, 0.717) is 5.69 Å². The van der Waals surface area contributed by atoms with Gasteiger partial charge in [0.25, 0.3) is 0 Å². The molecule has 1 saturated heterocycles. The van der Waals surface area contributed by atoms with Crippen LogP contribution in [0.4, 0.5) is 11.5 Å². The summed E-state index contributed by atoms with van der Waals surface area (Å²) in [5.41, 5.74) is 12.1. The number of likely N-dealkylation sites (N-methyl/N-ethyl adjacent to an activating group) is 1. The zero-order valence-corrected chi connectivity index (χ0v) is 17.7. The Hall–Kier alpha value is -3.98. The molecule has 1 aromatic carbocycles. The summed E-state index contributed by atoms with van der Waals surface area (Å²) in [7, 11) is 2.15. The molecular weight excluding hydrogens is 402 g/mol. The Morgan fingerprint density at radius 3 is 2.69 bits per heavy atom. The summed E-state index contributed by atoms with van der Waals surface area (Å²) in [4.78, 5) is 21.9. The minimum Gasteiger partial charge on any atom is -0.397 e. The maximum atomic E-state index is 5.93. The zero-order chi connectivity index (χ0) is 21.7. The molecule has 9 nitrogen and oxygen atoms in total. The maximum Gasteiger partial charge on any atom is 0.159 e. The van der Waals surface area contributed by atoms with Gasteiger partial charge in [-0.1, -0.05) is 6.07 Å². The van der Waals surface area contributed by atoms with Crippen molar-refractivity contribution in [1.29, 1.82) is 0 Å². The van der Waals surface area contributed by atoms with Gasteiger partial charge in [0.1, 0.15) is 11.2 Å². The first-order valence-electron chi connectivity index (χ1n) is 10.6. The van der Waals surface area contributed by atoms with E-state index in [4.69, 9.17) is 10.7 Å². The molecule has 6 rings (SSSR count). The fourth-order valence-electron chi connectivity index (χ4n) is 4.27. The Morgan fingerprint density at radius 2 is 1.84 bits per heavy atom. The number of pyridine rings is 2. The molecule has 0 unspecified atom stereocenters. The van der Waals surface area contributed by atoms with Gasteiger partial charge in [0.15, 0.2) is 11.6 Å². The van der Waals surface area contributed by atoms with E-state index >= 15 is 0 Å². The normalized spacial score (nSPS) is 15.1. The number of anilines is 2. The van der Waals surface area contributed by atoms with Gasteiger partial charge in [-0.25, -0.2) is 9.97 Å². The number of nitrogens with two attached hydrogens (primary N) is 1. The molecule has 0 aliphatic carbocycles. The van der Waals surface area contributed by atoms with Crippen molar-refractivity contribution in [2.75, 3.05) is 43.9 Å². The van der Waals surface area contributed by atoms with Crippen LogP contribution in [0.15, 0.2) is 48.9 Å². The number of benzene rings is 1. The number of H-pyrrole nitrogens is 2. The molecule has 4 N–H and O–H groups in total. The highest BCUT2D eigenvalue weighted by Gasteiger charge is 2.21. The minimum absolute atomic E-state index is 0.635. The van der Waals surface area contributed by atoms with E-state index in [-0.39, 0.29) is 0 Å². The maximum absolute atomic E-state index is 5.93. The molecule has 1 aliphatic rings. The van der Waals surface area contributed by atoms with Crippen LogP contribution in [0.3, 0.4) is 0 Å². The number of nitrogens with zero attached hydrogens (tertiary/aromatic N) is 6. The van der Waals surface area contributed by atoms with Gasteiger partial charge < -0.3 is 20.5 Å². The van der Waals surface area contributed by atoms with E-state index in [0.717, 1.165) is 76.6 Å². The van der Waals surface area contributed by atoms with Crippen molar-refractivity contribution in [2.24, 2.45) is 0 Å². The molecule has 4 aromatic heterocycles. The van der Waals surface area contributed by atoms with E-state index in [1.807, 2.05) is 36.7 Å². The predicted molar refractivity (Wildman–Crippen MR) is 126 cm³/mol. The fourth-order valence-corrected chi connectivity index (χ4v) is 4.27. The van der Waals surface area contributed by atoms with Crippen LogP contribution in [-0.2, 0) is 0 Å². The molecule has 32 heavy (non-hydrogen) atoms. The van der Waals surface area contributed by atoms with Gasteiger partial charge in [-0.05, 0) is 36.9 Å². The highest BCUT2D eigenvalue weighted by Crippen LogP contribution is 2.32. The molecule has 0 saturated carbocycles. The van der Waals surface area contributed by atoms with E-state index in [1.165, 1.54) is 0 Å². The SMILES string of the molecule is CN1CCN(c2nccc3[nH]c(-c4n[nH]c5ccc(-c6cncc(N)c6)cc45)nc23)CC1. The third-order valence-corrected chi connectivity index (χ3v) is 6.06. The van der Waals surface area contributed by atoms with Crippen LogP contribution in [0.25, 0.3) is 44.6 Å². The molecule has 0 radical (unpaired) electrons. The number of hydrogen-bond donors (Lipinski definition) is 3. The van der Waals surface area contributed by atoms with Gasteiger partial charge >= 0.3 is 0 Å². The summed E-state index contributed by atoms with van der Waals surface area (Å²) < 4.78 is 0. The number of hydrogen-bond acceptors (Lipinski definition) is 7. The smallest absolute Gasteiger partial charge is 0.159 e. The number of rotatable bonds is 3. The second kappa shape index (κ2) is 7.31. The standard InChI is InChI=1S/C23H23N9/c1-31-6-8-32(9-7-31)23-21-19(4-5-26-23)27-22(28-21)20-17-11-14(2-3-18(17)29-30-20)15-10-16(24)13-25-12-15/h2-5,10-13H,6-9,24H2,1H3,(H,27,28)(H,29,30). The summed E-state index contributed by atoms with van der Waals surface area (Å²) in [5, 5.41) is 8.67. The van der Waals surface area contributed by atoms with Gasteiger partial charge in [-0.2, -0.15) is 5.10 Å². The average molecular weight is 426 g/mol. The van der Waals surface area contributed by atoms with Crippen LogP contribution in [0.2, 0.25) is 0 Å². The van der Waals surface area contributed by atoms with Crippen LogP contribution >= 0.6 is 0 Å². The topological polar surface area (TPSA) is 116 Å². The Labute approximate surface area is 184 Å². The average Bonchev–Trinajstić information content (AvgIpc) is 3.43. The van der Waals surface area contributed by atoms with Crippen molar-refractivity contribution < 1.29 is 0 Å². The van der Waals surface area contributed by atoms with Gasteiger partial charge in [0, 0.05) is 55.7 Å². The quantitative estimate of drug-likeness (QED) is 0.407. The van der Waals surface area contributed by atoms with Crippen molar-refractivity contribution in [3.63, 3.8) is 0 Å². The van der Waals surface area contributed by atoms with Crippen LogP contribution in [0.1, 0.15) is 0 Å². The fraction of sp³-hybridized carbons (Fsp3) is 0.217. The van der Waals surface area contributed by atoms with Crippen LogP contribution < -0.4 is 10.6 Å². The summed E-state index contributed by atoms with van der Waals surface area (Å²) in [6.07, 6.45) is 5.30. The zero-order valence-electron chi connectivity index (χ0n) is 17.7. The second-order valence-electron chi connectivity index (χ2n) is 8.25. The monoisotopic (exact) mass is 425 g/mol. The van der Waals surface area contributed by atoms with E-state index in [2.05, 4.69) is 48.1 Å². The van der Waals surface area contributed by atoms with Gasteiger partial charge in [-0.3, -0.25) is 10.1 Å². The molecule has 160 valence electrons. The Bertz CT molecular complexity index is 1430. The molecule has 5 aromatic rings. The first kappa shape index (κ1) is 18.8. The van der Waals surface area contributed by atoms with Crippen LogP contribution in [0, 0.1) is 0 Å². The molecular formula is C23H23N9. The van der Waals surface area contributed by atoms with E-state index in [9.17, 15) is 0 Å². The Balaban J connectivity index is 1.44. The minimum atomic E-state index is 0.635. The van der Waals surface area contributed by atoms with Gasteiger partial charge in [0.05, 0.1) is 16.7 Å². The lowest BCUT2D eigenvalue weighted by molar-refractivity contribution is 0.312. The van der Waals surface area contributed by atoms with Crippen molar-refractivity contribution in [1.82, 2.24) is 35.0 Å². The highest BCUT2D eigenvalue weighted by atomic mass is 15.3. The first-order chi connectivity index (χ1) is 15.7. The molecule has 0 atom stereocenters. The lowest BCUT2D eigenvalue weighted by atomic mass is 10.0. The van der Waals surface area contributed by atoms with Crippen LogP contribution in [-0.4, -0.2) is 68.3 Å².